The first-order valence-corrected chi connectivity index (χ1v) is 7.08. The van der Waals surface area contributed by atoms with Gasteiger partial charge in [-0.15, -0.1) is 0 Å². The van der Waals surface area contributed by atoms with Crippen LogP contribution in [0.4, 0.5) is 10.5 Å². The molecular weight excluding hydrogens is 268 g/mol. The number of hydrogen-bond donors (Lipinski definition) is 2. The van der Waals surface area contributed by atoms with Crippen molar-refractivity contribution in [3.63, 3.8) is 0 Å². The second-order valence-corrected chi connectivity index (χ2v) is 5.22. The van der Waals surface area contributed by atoms with Gasteiger partial charge >= 0.3 is 12.0 Å². The molecule has 0 unspecified atom stereocenters. The molecule has 2 rings (SSSR count). The molecule has 0 aromatic heterocycles. The van der Waals surface area contributed by atoms with Gasteiger partial charge in [-0.1, -0.05) is 29.8 Å². The van der Waals surface area contributed by atoms with Gasteiger partial charge < -0.3 is 10.4 Å². The van der Waals surface area contributed by atoms with Crippen molar-refractivity contribution in [2.45, 2.75) is 32.2 Å². The molecule has 1 aliphatic rings. The Morgan fingerprint density at radius 3 is 2.43 bits per heavy atom. The highest BCUT2D eigenvalue weighted by molar-refractivity contribution is 5.92. The molecule has 1 aliphatic carbocycles. The van der Waals surface area contributed by atoms with Gasteiger partial charge in [0.05, 0.1) is 6.42 Å². The molecule has 0 aliphatic heterocycles. The van der Waals surface area contributed by atoms with E-state index in [1.807, 2.05) is 43.3 Å². The van der Waals surface area contributed by atoms with Gasteiger partial charge in [0.25, 0.3) is 0 Å². The predicted octanol–water partition coefficient (Wildman–Crippen LogP) is 2.70. The van der Waals surface area contributed by atoms with Crippen LogP contribution in [0.2, 0.25) is 0 Å². The summed E-state index contributed by atoms with van der Waals surface area (Å²) in [6.07, 6.45) is 5.65. The van der Waals surface area contributed by atoms with Gasteiger partial charge in [-0.2, -0.15) is 0 Å². The molecular formula is C16H20N2O3. The van der Waals surface area contributed by atoms with Gasteiger partial charge in [-0.25, -0.2) is 4.79 Å². The molecule has 0 atom stereocenters. The quantitative estimate of drug-likeness (QED) is 0.818. The lowest BCUT2D eigenvalue weighted by atomic mass is 10.2. The second kappa shape index (κ2) is 6.92. The predicted molar refractivity (Wildman–Crippen MR) is 81.5 cm³/mol. The molecule has 0 spiro atoms. The third-order valence-electron chi connectivity index (χ3n) is 3.48. The van der Waals surface area contributed by atoms with E-state index in [1.165, 1.54) is 4.90 Å². The Hall–Kier alpha value is -2.30. The van der Waals surface area contributed by atoms with E-state index in [9.17, 15) is 9.59 Å². The van der Waals surface area contributed by atoms with Crippen molar-refractivity contribution >= 4 is 17.7 Å². The molecule has 1 aromatic rings. The number of carbonyl (C=O) groups is 2. The Morgan fingerprint density at radius 2 is 1.86 bits per heavy atom. The van der Waals surface area contributed by atoms with Crippen LogP contribution in [0.5, 0.6) is 0 Å². The van der Waals surface area contributed by atoms with E-state index in [0.29, 0.717) is 5.69 Å². The minimum absolute atomic E-state index is 0.0792. The number of aliphatic carboxylic acids is 1. The Bertz CT molecular complexity index is 529. The second-order valence-electron chi connectivity index (χ2n) is 5.22. The summed E-state index contributed by atoms with van der Waals surface area (Å²) in [5, 5.41) is 11.8. The number of carboxylic acids is 1. The van der Waals surface area contributed by atoms with E-state index in [1.54, 1.807) is 0 Å². The summed E-state index contributed by atoms with van der Waals surface area (Å²) in [6, 6.07) is 7.36. The van der Waals surface area contributed by atoms with Crippen molar-refractivity contribution in [1.82, 2.24) is 5.32 Å². The van der Waals surface area contributed by atoms with Crippen molar-refractivity contribution in [3.8, 4) is 0 Å². The summed E-state index contributed by atoms with van der Waals surface area (Å²) >= 11 is 0. The first kappa shape index (κ1) is 15.1. The van der Waals surface area contributed by atoms with Gasteiger partial charge in [0, 0.05) is 18.3 Å². The molecule has 0 fully saturated rings. The maximum Gasteiger partial charge on any atom is 0.322 e. The van der Waals surface area contributed by atoms with E-state index in [2.05, 4.69) is 5.32 Å². The molecule has 5 nitrogen and oxygen atoms in total. The summed E-state index contributed by atoms with van der Waals surface area (Å²) in [5.41, 5.74) is 1.81. The number of anilines is 1. The van der Waals surface area contributed by atoms with Crippen molar-refractivity contribution in [2.75, 3.05) is 11.4 Å². The number of rotatable bonds is 5. The first-order valence-electron chi connectivity index (χ1n) is 7.08. The van der Waals surface area contributed by atoms with E-state index < -0.39 is 5.97 Å². The van der Waals surface area contributed by atoms with E-state index in [-0.39, 0.29) is 25.0 Å². The zero-order chi connectivity index (χ0) is 15.2. The molecule has 112 valence electrons. The van der Waals surface area contributed by atoms with Crippen LogP contribution >= 0.6 is 0 Å². The summed E-state index contributed by atoms with van der Waals surface area (Å²) in [7, 11) is 0. The fraction of sp³-hybridized carbons (Fsp3) is 0.375. The first-order chi connectivity index (χ1) is 10.1. The third-order valence-corrected chi connectivity index (χ3v) is 3.48. The smallest absolute Gasteiger partial charge is 0.322 e. The molecule has 0 saturated heterocycles. The molecule has 2 N–H and O–H groups in total. The van der Waals surface area contributed by atoms with Crippen LogP contribution < -0.4 is 10.2 Å². The van der Waals surface area contributed by atoms with Crippen molar-refractivity contribution in [2.24, 2.45) is 0 Å². The summed E-state index contributed by atoms with van der Waals surface area (Å²) in [5.74, 6) is -0.914. The maximum atomic E-state index is 12.4. The Kier molecular flexibility index (Phi) is 4.98. The summed E-state index contributed by atoms with van der Waals surface area (Å²) in [4.78, 5) is 24.7. The van der Waals surface area contributed by atoms with Gasteiger partial charge in [-0.3, -0.25) is 9.69 Å². The molecule has 1 aromatic carbocycles. The number of benzene rings is 1. The number of aryl methyl sites for hydroxylation is 1. The lowest BCUT2D eigenvalue weighted by Crippen LogP contribution is -2.45. The minimum atomic E-state index is -0.914. The SMILES string of the molecule is Cc1ccc(N(CCC(=O)O)C(=O)NC2CC=CC2)cc1. The van der Waals surface area contributed by atoms with Gasteiger partial charge in [0.2, 0.25) is 0 Å². The highest BCUT2D eigenvalue weighted by Gasteiger charge is 2.20. The van der Waals surface area contributed by atoms with Crippen molar-refractivity contribution < 1.29 is 14.7 Å². The van der Waals surface area contributed by atoms with Gasteiger partial charge in [-0.05, 0) is 31.9 Å². The van der Waals surface area contributed by atoms with Crippen LogP contribution in [0.15, 0.2) is 36.4 Å². The number of amides is 2. The van der Waals surface area contributed by atoms with Crippen LogP contribution in [0.3, 0.4) is 0 Å². The van der Waals surface area contributed by atoms with Crippen LogP contribution in [-0.2, 0) is 4.79 Å². The molecule has 0 radical (unpaired) electrons. The zero-order valence-corrected chi connectivity index (χ0v) is 12.1. The molecule has 5 heteroatoms. The average Bonchev–Trinajstić information content (AvgIpc) is 2.93. The van der Waals surface area contributed by atoms with Gasteiger partial charge in [0.1, 0.15) is 0 Å². The largest absolute Gasteiger partial charge is 0.481 e. The normalized spacial score (nSPS) is 14.1. The highest BCUT2D eigenvalue weighted by Crippen LogP contribution is 2.17. The molecule has 21 heavy (non-hydrogen) atoms. The highest BCUT2D eigenvalue weighted by atomic mass is 16.4. The zero-order valence-electron chi connectivity index (χ0n) is 12.1. The summed E-state index contributed by atoms with van der Waals surface area (Å²) in [6.45, 7) is 2.13. The lowest BCUT2D eigenvalue weighted by Gasteiger charge is -2.25. The lowest BCUT2D eigenvalue weighted by molar-refractivity contribution is -0.136. The molecule has 0 heterocycles. The monoisotopic (exact) mass is 288 g/mol. The fourth-order valence-electron chi connectivity index (χ4n) is 2.27. The van der Waals surface area contributed by atoms with Gasteiger partial charge in [0.15, 0.2) is 0 Å². The molecule has 2 amide bonds. The molecule has 0 saturated carbocycles. The number of nitrogens with one attached hydrogen (secondary N) is 1. The average molecular weight is 288 g/mol. The van der Waals surface area contributed by atoms with Crippen LogP contribution in [0.1, 0.15) is 24.8 Å². The number of nitrogens with zero attached hydrogens (tertiary/aromatic N) is 1. The van der Waals surface area contributed by atoms with Crippen LogP contribution in [-0.4, -0.2) is 29.7 Å². The maximum absolute atomic E-state index is 12.4. The fourth-order valence-corrected chi connectivity index (χ4v) is 2.27. The number of carbonyl (C=O) groups excluding carboxylic acids is 1. The van der Waals surface area contributed by atoms with Crippen molar-refractivity contribution in [3.05, 3.63) is 42.0 Å². The molecule has 0 bridgehead atoms. The Labute approximate surface area is 124 Å². The van der Waals surface area contributed by atoms with Crippen molar-refractivity contribution in [1.29, 1.82) is 0 Å². The third kappa shape index (κ3) is 4.34. The van der Waals surface area contributed by atoms with Crippen LogP contribution in [0.25, 0.3) is 0 Å². The van der Waals surface area contributed by atoms with E-state index in [0.717, 1.165) is 18.4 Å². The number of hydrogen-bond acceptors (Lipinski definition) is 2. The Morgan fingerprint density at radius 1 is 1.24 bits per heavy atom. The number of urea groups is 1. The van der Waals surface area contributed by atoms with Crippen LogP contribution in [0, 0.1) is 6.92 Å². The Balaban J connectivity index is 2.08. The minimum Gasteiger partial charge on any atom is -0.481 e. The topological polar surface area (TPSA) is 69.6 Å². The van der Waals surface area contributed by atoms with E-state index in [4.69, 9.17) is 5.11 Å². The number of carboxylic acid groups (broad SMARTS) is 1. The summed E-state index contributed by atoms with van der Waals surface area (Å²) < 4.78 is 0. The van der Waals surface area contributed by atoms with E-state index >= 15 is 0 Å². The standard InChI is InChI=1S/C16H20N2O3/c1-12-6-8-14(9-7-12)18(11-10-15(19)20)16(21)17-13-4-2-3-5-13/h2-3,6-9,13H,4-5,10-11H2,1H3,(H,17,21)(H,19,20).